The van der Waals surface area contributed by atoms with Gasteiger partial charge < -0.3 is 15.7 Å². The number of halogens is 1. The maximum absolute atomic E-state index is 10.8. The zero-order valence-electron chi connectivity index (χ0n) is 8.66. The Kier molecular flexibility index (Phi) is 3.03. The Balaban J connectivity index is 2.13. The molecule has 2 rings (SSSR count). The standard InChI is InChI=1S/C11H13ClN2O2/c12-8-3-1-2-4-9(8)14-11(5-10(15)16)6-13-7-11/h1-4,13-14H,5-7H2,(H,15,16). The minimum absolute atomic E-state index is 0.0885. The van der Waals surface area contributed by atoms with E-state index in [1.54, 1.807) is 6.07 Å². The van der Waals surface area contributed by atoms with Crippen LogP contribution in [-0.4, -0.2) is 29.7 Å². The zero-order chi connectivity index (χ0) is 11.6. The lowest BCUT2D eigenvalue weighted by Gasteiger charge is -2.43. The number of hydrogen-bond donors (Lipinski definition) is 3. The molecular formula is C11H13ClN2O2. The van der Waals surface area contributed by atoms with Crippen LogP contribution >= 0.6 is 11.6 Å². The Bertz CT molecular complexity index is 405. The summed E-state index contributed by atoms with van der Waals surface area (Å²) in [6.45, 7) is 1.29. The fourth-order valence-electron chi connectivity index (χ4n) is 1.82. The molecule has 0 aliphatic carbocycles. The highest BCUT2D eigenvalue weighted by Crippen LogP contribution is 2.28. The molecule has 16 heavy (non-hydrogen) atoms. The monoisotopic (exact) mass is 240 g/mol. The quantitative estimate of drug-likeness (QED) is 0.748. The minimum atomic E-state index is -0.805. The van der Waals surface area contributed by atoms with Gasteiger partial charge in [-0.15, -0.1) is 0 Å². The van der Waals surface area contributed by atoms with Crippen molar-refractivity contribution < 1.29 is 9.90 Å². The number of nitrogens with one attached hydrogen (secondary N) is 2. The van der Waals surface area contributed by atoms with Crippen LogP contribution in [0.3, 0.4) is 0 Å². The van der Waals surface area contributed by atoms with Crippen molar-refractivity contribution in [1.29, 1.82) is 0 Å². The van der Waals surface area contributed by atoms with Gasteiger partial charge in [0.05, 0.1) is 22.7 Å². The number of carboxylic acids is 1. The second kappa shape index (κ2) is 4.31. The largest absolute Gasteiger partial charge is 0.481 e. The van der Waals surface area contributed by atoms with Crippen molar-refractivity contribution in [1.82, 2.24) is 5.32 Å². The van der Waals surface area contributed by atoms with Crippen molar-refractivity contribution in [2.75, 3.05) is 18.4 Å². The van der Waals surface area contributed by atoms with Gasteiger partial charge in [0.2, 0.25) is 0 Å². The number of rotatable bonds is 4. The van der Waals surface area contributed by atoms with Crippen LogP contribution in [0.25, 0.3) is 0 Å². The zero-order valence-corrected chi connectivity index (χ0v) is 9.42. The summed E-state index contributed by atoms with van der Waals surface area (Å²) in [5, 5.41) is 15.8. The molecule has 0 atom stereocenters. The molecule has 0 spiro atoms. The smallest absolute Gasteiger partial charge is 0.305 e. The lowest BCUT2D eigenvalue weighted by molar-refractivity contribution is -0.138. The highest BCUT2D eigenvalue weighted by molar-refractivity contribution is 6.33. The molecule has 4 nitrogen and oxygen atoms in total. The van der Waals surface area contributed by atoms with Crippen molar-refractivity contribution in [3.8, 4) is 0 Å². The molecule has 5 heteroatoms. The Morgan fingerprint density at radius 3 is 2.69 bits per heavy atom. The molecule has 1 aliphatic rings. The van der Waals surface area contributed by atoms with Crippen LogP contribution in [0.5, 0.6) is 0 Å². The van der Waals surface area contributed by atoms with E-state index in [0.29, 0.717) is 18.1 Å². The van der Waals surface area contributed by atoms with E-state index in [9.17, 15) is 4.79 Å². The number of benzene rings is 1. The Morgan fingerprint density at radius 2 is 2.19 bits per heavy atom. The minimum Gasteiger partial charge on any atom is -0.481 e. The lowest BCUT2D eigenvalue weighted by Crippen LogP contribution is -2.65. The molecule has 86 valence electrons. The summed E-state index contributed by atoms with van der Waals surface area (Å²) in [4.78, 5) is 10.8. The number of para-hydroxylation sites is 1. The Morgan fingerprint density at radius 1 is 1.50 bits per heavy atom. The van der Waals surface area contributed by atoms with E-state index in [2.05, 4.69) is 10.6 Å². The molecule has 3 N–H and O–H groups in total. The average molecular weight is 241 g/mol. The molecule has 0 amide bonds. The molecule has 1 aliphatic heterocycles. The first-order valence-electron chi connectivity index (χ1n) is 5.07. The Hall–Kier alpha value is -1.26. The van der Waals surface area contributed by atoms with Crippen molar-refractivity contribution in [2.24, 2.45) is 0 Å². The van der Waals surface area contributed by atoms with E-state index in [0.717, 1.165) is 5.69 Å². The summed E-state index contributed by atoms with van der Waals surface area (Å²) >= 11 is 6.02. The molecule has 1 fully saturated rings. The van der Waals surface area contributed by atoms with Gasteiger partial charge in [-0.25, -0.2) is 0 Å². The predicted octanol–water partition coefficient (Wildman–Crippen LogP) is 1.57. The normalized spacial score (nSPS) is 17.6. The summed E-state index contributed by atoms with van der Waals surface area (Å²) in [6, 6.07) is 7.35. The summed E-state index contributed by atoms with van der Waals surface area (Å²) in [7, 11) is 0. The van der Waals surface area contributed by atoms with Gasteiger partial charge in [-0.05, 0) is 12.1 Å². The second-order valence-electron chi connectivity index (χ2n) is 4.06. The fraction of sp³-hybridized carbons (Fsp3) is 0.364. The summed E-state index contributed by atoms with van der Waals surface area (Å²) in [5.74, 6) is -0.805. The molecule has 1 saturated heterocycles. The molecule has 1 heterocycles. The average Bonchev–Trinajstić information content (AvgIpc) is 2.17. The maximum atomic E-state index is 10.8. The third-order valence-electron chi connectivity index (χ3n) is 2.69. The van der Waals surface area contributed by atoms with E-state index in [4.69, 9.17) is 16.7 Å². The van der Waals surface area contributed by atoms with Crippen LogP contribution in [0, 0.1) is 0 Å². The van der Waals surface area contributed by atoms with Crippen molar-refractivity contribution in [3.05, 3.63) is 29.3 Å². The number of carboxylic acid groups (broad SMARTS) is 1. The number of carbonyl (C=O) groups is 1. The number of anilines is 1. The van der Waals surface area contributed by atoms with Crippen LogP contribution in [0.4, 0.5) is 5.69 Å². The van der Waals surface area contributed by atoms with Gasteiger partial charge in [-0.3, -0.25) is 4.79 Å². The van der Waals surface area contributed by atoms with E-state index in [1.807, 2.05) is 18.2 Å². The summed E-state index contributed by atoms with van der Waals surface area (Å²) < 4.78 is 0. The van der Waals surface area contributed by atoms with E-state index in [-0.39, 0.29) is 6.42 Å². The molecule has 0 radical (unpaired) electrons. The maximum Gasteiger partial charge on any atom is 0.305 e. The van der Waals surface area contributed by atoms with Gasteiger partial charge in [0.25, 0.3) is 0 Å². The van der Waals surface area contributed by atoms with Gasteiger partial charge >= 0.3 is 5.97 Å². The lowest BCUT2D eigenvalue weighted by atomic mass is 9.88. The van der Waals surface area contributed by atoms with Gasteiger partial charge in [-0.2, -0.15) is 0 Å². The molecule has 0 unspecified atom stereocenters. The van der Waals surface area contributed by atoms with E-state index in [1.165, 1.54) is 0 Å². The van der Waals surface area contributed by atoms with E-state index >= 15 is 0 Å². The van der Waals surface area contributed by atoms with Crippen LogP contribution < -0.4 is 10.6 Å². The van der Waals surface area contributed by atoms with Crippen LogP contribution in [0.2, 0.25) is 5.02 Å². The SMILES string of the molecule is O=C(O)CC1(Nc2ccccc2Cl)CNC1. The van der Waals surface area contributed by atoms with Gasteiger partial charge in [-0.1, -0.05) is 23.7 Å². The number of hydrogen-bond acceptors (Lipinski definition) is 3. The van der Waals surface area contributed by atoms with Crippen LogP contribution in [0.15, 0.2) is 24.3 Å². The van der Waals surface area contributed by atoms with Gasteiger partial charge in [0.1, 0.15) is 0 Å². The molecule has 1 aromatic rings. The first-order valence-corrected chi connectivity index (χ1v) is 5.44. The molecule has 1 aromatic carbocycles. The van der Waals surface area contributed by atoms with Crippen molar-refractivity contribution in [3.63, 3.8) is 0 Å². The fourth-order valence-corrected chi connectivity index (χ4v) is 2.01. The summed E-state index contributed by atoms with van der Waals surface area (Å²) in [5.41, 5.74) is 0.378. The summed E-state index contributed by atoms with van der Waals surface area (Å²) in [6.07, 6.45) is 0.0885. The first kappa shape index (κ1) is 11.2. The topological polar surface area (TPSA) is 61.4 Å². The third kappa shape index (κ3) is 2.28. The Labute approximate surface area is 98.6 Å². The van der Waals surface area contributed by atoms with Crippen molar-refractivity contribution in [2.45, 2.75) is 12.0 Å². The highest BCUT2D eigenvalue weighted by Gasteiger charge is 2.39. The van der Waals surface area contributed by atoms with Gasteiger partial charge in [0.15, 0.2) is 0 Å². The molecule has 0 aromatic heterocycles. The van der Waals surface area contributed by atoms with Gasteiger partial charge in [0, 0.05) is 13.1 Å². The molecular weight excluding hydrogens is 228 g/mol. The number of aliphatic carboxylic acids is 1. The molecule has 0 saturated carbocycles. The predicted molar refractivity (Wildman–Crippen MR) is 62.9 cm³/mol. The van der Waals surface area contributed by atoms with Crippen molar-refractivity contribution >= 4 is 23.3 Å². The first-order chi connectivity index (χ1) is 7.61. The highest BCUT2D eigenvalue weighted by atomic mass is 35.5. The second-order valence-corrected chi connectivity index (χ2v) is 4.47. The van der Waals surface area contributed by atoms with E-state index < -0.39 is 11.5 Å². The van der Waals surface area contributed by atoms with Crippen LogP contribution in [-0.2, 0) is 4.79 Å². The van der Waals surface area contributed by atoms with Crippen LogP contribution in [0.1, 0.15) is 6.42 Å². The third-order valence-corrected chi connectivity index (χ3v) is 3.02. The molecule has 0 bridgehead atoms.